The van der Waals surface area contributed by atoms with Crippen molar-refractivity contribution in [2.45, 2.75) is 26.0 Å². The number of aliphatic hydroxyl groups excluding tert-OH is 1. The second kappa shape index (κ2) is 5.10. The number of benzene rings is 1. The van der Waals surface area contributed by atoms with Crippen molar-refractivity contribution in [2.75, 3.05) is 0 Å². The maximum Gasteiger partial charge on any atom is 0.224 e. The van der Waals surface area contributed by atoms with Crippen LogP contribution in [-0.2, 0) is 22.7 Å². The Kier molecular flexibility index (Phi) is 3.54. The van der Waals surface area contributed by atoms with Gasteiger partial charge in [-0.05, 0) is 11.1 Å². The molecule has 2 rings (SSSR count). The van der Waals surface area contributed by atoms with E-state index in [2.05, 4.69) is 5.32 Å². The van der Waals surface area contributed by atoms with Gasteiger partial charge < -0.3 is 10.4 Å². The van der Waals surface area contributed by atoms with Crippen LogP contribution in [-0.4, -0.2) is 16.8 Å². The van der Waals surface area contributed by atoms with Crippen molar-refractivity contribution in [2.24, 2.45) is 5.92 Å². The maximum absolute atomic E-state index is 11.6. The fourth-order valence-corrected chi connectivity index (χ4v) is 1.89. The number of hydrogen-bond donors (Lipinski definition) is 2. The molecule has 1 aliphatic carbocycles. The Bertz CT molecular complexity index is 434. The van der Waals surface area contributed by atoms with E-state index in [-0.39, 0.29) is 24.2 Å². The van der Waals surface area contributed by atoms with Gasteiger partial charge in [0.25, 0.3) is 0 Å². The maximum atomic E-state index is 11.6. The first-order valence-corrected chi connectivity index (χ1v) is 5.67. The van der Waals surface area contributed by atoms with Gasteiger partial charge in [-0.25, -0.2) is 0 Å². The molecular weight excluding hydrogens is 218 g/mol. The summed E-state index contributed by atoms with van der Waals surface area (Å²) in [5.74, 6) is -0.0676. The molecule has 1 aliphatic rings. The molecule has 4 heteroatoms. The van der Waals surface area contributed by atoms with Gasteiger partial charge in [0.15, 0.2) is 0 Å². The van der Waals surface area contributed by atoms with Crippen molar-refractivity contribution in [3.05, 3.63) is 35.4 Å². The highest BCUT2D eigenvalue weighted by Crippen LogP contribution is 2.22. The molecule has 0 aliphatic heterocycles. The minimum Gasteiger partial charge on any atom is -0.392 e. The molecule has 0 spiro atoms. The van der Waals surface area contributed by atoms with Crippen molar-refractivity contribution in [1.82, 2.24) is 5.32 Å². The molecule has 1 fully saturated rings. The molecule has 17 heavy (non-hydrogen) atoms. The smallest absolute Gasteiger partial charge is 0.224 e. The van der Waals surface area contributed by atoms with Crippen LogP contribution in [0.4, 0.5) is 0 Å². The Morgan fingerprint density at radius 1 is 1.29 bits per heavy atom. The summed E-state index contributed by atoms with van der Waals surface area (Å²) in [5, 5.41) is 11.9. The number of carbonyl (C=O) groups is 2. The molecule has 0 heterocycles. The highest BCUT2D eigenvalue weighted by molar-refractivity contribution is 5.96. The van der Waals surface area contributed by atoms with Crippen LogP contribution in [0.25, 0.3) is 0 Å². The van der Waals surface area contributed by atoms with Crippen LogP contribution < -0.4 is 5.32 Å². The quantitative estimate of drug-likeness (QED) is 0.807. The lowest BCUT2D eigenvalue weighted by atomic mass is 9.83. The number of rotatable bonds is 4. The highest BCUT2D eigenvalue weighted by Gasteiger charge is 2.32. The SMILES string of the molecule is O=C1CC(C(=O)NCc2ccccc2CO)C1. The monoisotopic (exact) mass is 233 g/mol. The van der Waals surface area contributed by atoms with E-state index in [1.165, 1.54) is 0 Å². The van der Waals surface area contributed by atoms with E-state index in [0.29, 0.717) is 19.4 Å². The molecule has 1 amide bonds. The van der Waals surface area contributed by atoms with Gasteiger partial charge in [0, 0.05) is 19.4 Å². The summed E-state index contributed by atoms with van der Waals surface area (Å²) < 4.78 is 0. The van der Waals surface area contributed by atoms with Crippen molar-refractivity contribution >= 4 is 11.7 Å². The van der Waals surface area contributed by atoms with Gasteiger partial charge >= 0.3 is 0 Å². The Morgan fingerprint density at radius 3 is 2.53 bits per heavy atom. The van der Waals surface area contributed by atoms with E-state index >= 15 is 0 Å². The van der Waals surface area contributed by atoms with Crippen molar-refractivity contribution in [3.8, 4) is 0 Å². The minimum atomic E-state index is -0.149. The van der Waals surface area contributed by atoms with Gasteiger partial charge in [0.2, 0.25) is 5.91 Å². The number of hydrogen-bond acceptors (Lipinski definition) is 3. The van der Waals surface area contributed by atoms with E-state index in [9.17, 15) is 9.59 Å². The number of nitrogens with one attached hydrogen (secondary N) is 1. The average molecular weight is 233 g/mol. The summed E-state index contributed by atoms with van der Waals surface area (Å²) in [7, 11) is 0. The van der Waals surface area contributed by atoms with Gasteiger partial charge in [0.1, 0.15) is 5.78 Å². The van der Waals surface area contributed by atoms with Crippen LogP contribution in [0.15, 0.2) is 24.3 Å². The molecule has 0 radical (unpaired) electrons. The molecule has 1 aromatic rings. The van der Waals surface area contributed by atoms with Crippen LogP contribution in [0.2, 0.25) is 0 Å². The molecule has 90 valence electrons. The second-order valence-electron chi connectivity index (χ2n) is 4.29. The van der Waals surface area contributed by atoms with Crippen LogP contribution in [0.3, 0.4) is 0 Å². The second-order valence-corrected chi connectivity index (χ2v) is 4.29. The summed E-state index contributed by atoms with van der Waals surface area (Å²) in [6, 6.07) is 7.42. The number of ketones is 1. The predicted molar refractivity (Wildman–Crippen MR) is 61.9 cm³/mol. The third-order valence-corrected chi connectivity index (χ3v) is 3.06. The largest absolute Gasteiger partial charge is 0.392 e. The van der Waals surface area contributed by atoms with Gasteiger partial charge in [-0.3, -0.25) is 9.59 Å². The topological polar surface area (TPSA) is 66.4 Å². The molecule has 0 unspecified atom stereocenters. The Balaban J connectivity index is 1.89. The molecular formula is C13H15NO3. The summed E-state index contributed by atoms with van der Waals surface area (Å²) in [6.45, 7) is 0.369. The number of Topliss-reactive ketones (excluding diaryl/α,β-unsaturated/α-hetero) is 1. The van der Waals surface area contributed by atoms with Gasteiger partial charge in [-0.2, -0.15) is 0 Å². The standard InChI is InChI=1S/C13H15NO3/c15-8-10-4-2-1-3-9(10)7-14-13(17)11-5-12(16)6-11/h1-4,11,15H,5-8H2,(H,14,17). The minimum absolute atomic E-state index is 0.0338. The first-order chi connectivity index (χ1) is 8.20. The molecule has 0 aromatic heterocycles. The van der Waals surface area contributed by atoms with Gasteiger partial charge in [-0.1, -0.05) is 24.3 Å². The number of amides is 1. The lowest BCUT2D eigenvalue weighted by Gasteiger charge is -2.23. The summed E-state index contributed by atoms with van der Waals surface area (Å²) in [5.41, 5.74) is 1.73. The molecule has 2 N–H and O–H groups in total. The van der Waals surface area contributed by atoms with Gasteiger partial charge in [-0.15, -0.1) is 0 Å². The van der Waals surface area contributed by atoms with E-state index in [1.807, 2.05) is 24.3 Å². The molecule has 1 aromatic carbocycles. The van der Waals surface area contributed by atoms with Crippen molar-refractivity contribution in [1.29, 1.82) is 0 Å². The fraction of sp³-hybridized carbons (Fsp3) is 0.385. The third-order valence-electron chi connectivity index (χ3n) is 3.06. The molecule has 0 bridgehead atoms. The molecule has 0 saturated heterocycles. The molecule has 4 nitrogen and oxygen atoms in total. The fourth-order valence-electron chi connectivity index (χ4n) is 1.89. The third kappa shape index (κ3) is 2.71. The zero-order valence-corrected chi connectivity index (χ0v) is 9.48. The molecule has 0 atom stereocenters. The van der Waals surface area contributed by atoms with Crippen molar-refractivity contribution < 1.29 is 14.7 Å². The summed E-state index contributed by atoms with van der Waals surface area (Å²) in [6.07, 6.45) is 0.737. The van der Waals surface area contributed by atoms with Crippen LogP contribution in [0, 0.1) is 5.92 Å². The van der Waals surface area contributed by atoms with Crippen LogP contribution in [0.5, 0.6) is 0 Å². The zero-order valence-electron chi connectivity index (χ0n) is 9.48. The van der Waals surface area contributed by atoms with Crippen LogP contribution >= 0.6 is 0 Å². The lowest BCUT2D eigenvalue weighted by Crippen LogP contribution is -2.38. The normalized spacial score (nSPS) is 15.5. The Morgan fingerprint density at radius 2 is 1.94 bits per heavy atom. The Hall–Kier alpha value is -1.68. The Labute approximate surface area is 99.6 Å². The van der Waals surface area contributed by atoms with Gasteiger partial charge in [0.05, 0.1) is 12.5 Å². The molecule has 1 saturated carbocycles. The van der Waals surface area contributed by atoms with E-state index in [1.54, 1.807) is 0 Å². The summed E-state index contributed by atoms with van der Waals surface area (Å²) in [4.78, 5) is 22.4. The van der Waals surface area contributed by atoms with E-state index in [0.717, 1.165) is 11.1 Å². The summed E-state index contributed by atoms with van der Waals surface area (Å²) >= 11 is 0. The highest BCUT2D eigenvalue weighted by atomic mass is 16.3. The van der Waals surface area contributed by atoms with Crippen LogP contribution in [0.1, 0.15) is 24.0 Å². The number of aliphatic hydroxyl groups is 1. The van der Waals surface area contributed by atoms with Crippen molar-refractivity contribution in [3.63, 3.8) is 0 Å². The first-order valence-electron chi connectivity index (χ1n) is 5.67. The predicted octanol–water partition coefficient (Wildman–Crippen LogP) is 0.774. The lowest BCUT2D eigenvalue weighted by molar-refractivity contribution is -0.138. The first kappa shape index (κ1) is 11.8. The zero-order chi connectivity index (χ0) is 12.3. The van der Waals surface area contributed by atoms with E-state index in [4.69, 9.17) is 5.11 Å². The number of carbonyl (C=O) groups excluding carboxylic acids is 2. The average Bonchev–Trinajstić information content (AvgIpc) is 2.32. The van der Waals surface area contributed by atoms with E-state index < -0.39 is 0 Å².